The highest BCUT2D eigenvalue weighted by molar-refractivity contribution is 7.88. The van der Waals surface area contributed by atoms with Gasteiger partial charge < -0.3 is 10.1 Å². The SMILES string of the molecule is O=S(=O)(Cc1ccccc1CNc1c(F)c(F)nc(F)c1F)N1CCOCC1. The highest BCUT2D eigenvalue weighted by Crippen LogP contribution is 2.24. The number of benzene rings is 1. The summed E-state index contributed by atoms with van der Waals surface area (Å²) in [4.78, 5) is 2.49. The Morgan fingerprint density at radius 2 is 1.57 bits per heavy atom. The Hall–Kier alpha value is -2.24. The molecule has 0 amide bonds. The van der Waals surface area contributed by atoms with E-state index in [1.807, 2.05) is 0 Å². The standard InChI is InChI=1S/C17H17F4N3O3S/c18-13-15(14(19)17(21)23-16(13)20)22-9-11-3-1-2-4-12(11)10-28(25,26)24-5-7-27-8-6-24/h1-4H,5-10H2,(H,22,23). The maximum Gasteiger partial charge on any atom is 0.253 e. The van der Waals surface area contributed by atoms with Gasteiger partial charge in [0.15, 0.2) is 0 Å². The largest absolute Gasteiger partial charge is 0.379 e. The van der Waals surface area contributed by atoms with Gasteiger partial charge in [-0.3, -0.25) is 0 Å². The van der Waals surface area contributed by atoms with Gasteiger partial charge in [0.05, 0.1) is 19.0 Å². The van der Waals surface area contributed by atoms with Gasteiger partial charge in [0, 0.05) is 19.6 Å². The first-order valence-electron chi connectivity index (χ1n) is 8.36. The van der Waals surface area contributed by atoms with Crippen LogP contribution in [0.25, 0.3) is 0 Å². The Labute approximate surface area is 159 Å². The molecular weight excluding hydrogens is 402 g/mol. The first-order chi connectivity index (χ1) is 13.3. The molecule has 28 heavy (non-hydrogen) atoms. The summed E-state index contributed by atoms with van der Waals surface area (Å²) < 4.78 is 85.6. The predicted molar refractivity (Wildman–Crippen MR) is 92.9 cm³/mol. The molecule has 1 N–H and O–H groups in total. The Balaban J connectivity index is 1.80. The van der Waals surface area contributed by atoms with Crippen LogP contribution in [0.5, 0.6) is 0 Å². The van der Waals surface area contributed by atoms with Crippen LogP contribution >= 0.6 is 0 Å². The molecule has 0 saturated carbocycles. The van der Waals surface area contributed by atoms with E-state index in [1.54, 1.807) is 24.3 Å². The minimum atomic E-state index is -3.62. The number of sulfonamides is 1. The second-order valence-corrected chi connectivity index (χ2v) is 8.06. The first kappa shape index (κ1) is 20.5. The molecule has 0 aliphatic carbocycles. The molecule has 0 radical (unpaired) electrons. The van der Waals surface area contributed by atoms with Gasteiger partial charge in [-0.15, -0.1) is 0 Å². The quantitative estimate of drug-likeness (QED) is 0.575. The van der Waals surface area contributed by atoms with E-state index < -0.39 is 39.2 Å². The van der Waals surface area contributed by atoms with Crippen molar-refractivity contribution in [3.8, 4) is 0 Å². The maximum atomic E-state index is 13.7. The van der Waals surface area contributed by atoms with Crippen molar-refractivity contribution in [3.63, 3.8) is 0 Å². The number of morpholine rings is 1. The number of hydrogen-bond acceptors (Lipinski definition) is 5. The second-order valence-electron chi connectivity index (χ2n) is 6.09. The molecule has 0 bridgehead atoms. The van der Waals surface area contributed by atoms with Crippen LogP contribution in [0.4, 0.5) is 23.2 Å². The van der Waals surface area contributed by atoms with Crippen LogP contribution in [0.3, 0.4) is 0 Å². The fourth-order valence-corrected chi connectivity index (χ4v) is 4.37. The Bertz CT molecular complexity index is 940. The monoisotopic (exact) mass is 419 g/mol. The van der Waals surface area contributed by atoms with Crippen molar-refractivity contribution in [2.75, 3.05) is 31.6 Å². The van der Waals surface area contributed by atoms with Crippen LogP contribution in [0.2, 0.25) is 0 Å². The molecule has 0 atom stereocenters. The number of aromatic nitrogens is 1. The number of ether oxygens (including phenoxy) is 1. The van der Waals surface area contributed by atoms with Crippen LogP contribution in [0.1, 0.15) is 11.1 Å². The summed E-state index contributed by atoms with van der Waals surface area (Å²) in [5.74, 6) is -7.18. The number of hydrogen-bond donors (Lipinski definition) is 1. The normalized spacial score (nSPS) is 15.6. The highest BCUT2D eigenvalue weighted by atomic mass is 32.2. The zero-order valence-electron chi connectivity index (χ0n) is 14.6. The number of pyridine rings is 1. The van der Waals surface area contributed by atoms with E-state index in [0.717, 1.165) is 0 Å². The van der Waals surface area contributed by atoms with E-state index in [1.165, 1.54) is 4.31 Å². The number of rotatable bonds is 6. The summed E-state index contributed by atoms with van der Waals surface area (Å²) >= 11 is 0. The number of nitrogens with one attached hydrogen (secondary N) is 1. The Kier molecular flexibility index (Phi) is 6.16. The van der Waals surface area contributed by atoms with Crippen molar-refractivity contribution in [3.05, 3.63) is 58.9 Å². The van der Waals surface area contributed by atoms with E-state index >= 15 is 0 Å². The molecule has 1 aliphatic heterocycles. The molecule has 2 aromatic rings. The third-order valence-corrected chi connectivity index (χ3v) is 6.10. The Morgan fingerprint density at radius 1 is 1.00 bits per heavy atom. The lowest BCUT2D eigenvalue weighted by atomic mass is 10.1. The van der Waals surface area contributed by atoms with Gasteiger partial charge in [-0.2, -0.15) is 26.9 Å². The molecule has 6 nitrogen and oxygen atoms in total. The average molecular weight is 419 g/mol. The molecule has 152 valence electrons. The summed E-state index contributed by atoms with van der Waals surface area (Å²) in [6.07, 6.45) is 0. The van der Waals surface area contributed by atoms with E-state index in [9.17, 15) is 26.0 Å². The smallest absolute Gasteiger partial charge is 0.253 e. The minimum Gasteiger partial charge on any atom is -0.379 e. The van der Waals surface area contributed by atoms with Crippen LogP contribution in [0, 0.1) is 23.5 Å². The number of nitrogens with zero attached hydrogens (tertiary/aromatic N) is 2. The molecule has 0 unspecified atom stereocenters. The third-order valence-electron chi connectivity index (χ3n) is 4.27. The van der Waals surface area contributed by atoms with Gasteiger partial charge >= 0.3 is 0 Å². The summed E-state index contributed by atoms with van der Waals surface area (Å²) in [5.41, 5.74) is -0.191. The molecular formula is C17H17F4N3O3S. The van der Waals surface area contributed by atoms with Gasteiger partial charge in [-0.05, 0) is 11.1 Å². The lowest BCUT2D eigenvalue weighted by Crippen LogP contribution is -2.41. The van der Waals surface area contributed by atoms with Crippen molar-refractivity contribution in [1.82, 2.24) is 9.29 Å². The van der Waals surface area contributed by atoms with E-state index in [-0.39, 0.29) is 25.4 Å². The van der Waals surface area contributed by atoms with Gasteiger partial charge in [0.25, 0.3) is 11.9 Å². The van der Waals surface area contributed by atoms with E-state index in [2.05, 4.69) is 10.3 Å². The topological polar surface area (TPSA) is 71.5 Å². The Morgan fingerprint density at radius 3 is 2.18 bits per heavy atom. The van der Waals surface area contributed by atoms with Crippen molar-refractivity contribution >= 4 is 15.7 Å². The summed E-state index contributed by atoms with van der Waals surface area (Å²) in [7, 11) is -3.62. The first-order valence-corrected chi connectivity index (χ1v) is 9.96. The van der Waals surface area contributed by atoms with Crippen molar-refractivity contribution in [1.29, 1.82) is 0 Å². The van der Waals surface area contributed by atoms with Gasteiger partial charge in [-0.1, -0.05) is 24.3 Å². The van der Waals surface area contributed by atoms with Gasteiger partial charge in [0.1, 0.15) is 5.69 Å². The average Bonchev–Trinajstić information content (AvgIpc) is 2.68. The zero-order chi connectivity index (χ0) is 20.3. The van der Waals surface area contributed by atoms with Crippen LogP contribution in [-0.2, 0) is 27.1 Å². The van der Waals surface area contributed by atoms with Crippen molar-refractivity contribution in [2.45, 2.75) is 12.3 Å². The van der Waals surface area contributed by atoms with Crippen LogP contribution in [0.15, 0.2) is 24.3 Å². The van der Waals surface area contributed by atoms with E-state index in [4.69, 9.17) is 4.74 Å². The lowest BCUT2D eigenvalue weighted by Gasteiger charge is -2.26. The van der Waals surface area contributed by atoms with E-state index in [0.29, 0.717) is 24.3 Å². The molecule has 3 rings (SSSR count). The molecule has 2 heterocycles. The molecule has 1 aromatic carbocycles. The molecule has 1 fully saturated rings. The molecule has 0 spiro atoms. The van der Waals surface area contributed by atoms with Gasteiger partial charge in [0.2, 0.25) is 21.7 Å². The summed E-state index contributed by atoms with van der Waals surface area (Å²) in [5, 5.41) is 2.29. The summed E-state index contributed by atoms with van der Waals surface area (Å²) in [6.45, 7) is 0.856. The summed E-state index contributed by atoms with van der Waals surface area (Å²) in [6, 6.07) is 6.36. The second kappa shape index (κ2) is 8.41. The molecule has 1 aliphatic rings. The molecule has 1 saturated heterocycles. The third kappa shape index (κ3) is 4.42. The minimum absolute atomic E-state index is 0.245. The molecule has 11 heteroatoms. The number of anilines is 1. The van der Waals surface area contributed by atoms with Crippen molar-refractivity contribution in [2.24, 2.45) is 0 Å². The molecule has 1 aromatic heterocycles. The highest BCUT2D eigenvalue weighted by Gasteiger charge is 2.26. The van der Waals surface area contributed by atoms with Crippen LogP contribution < -0.4 is 5.32 Å². The van der Waals surface area contributed by atoms with Crippen molar-refractivity contribution < 1.29 is 30.7 Å². The fourth-order valence-electron chi connectivity index (χ4n) is 2.81. The lowest BCUT2D eigenvalue weighted by molar-refractivity contribution is 0.0729. The predicted octanol–water partition coefficient (Wildman–Crippen LogP) is 2.41. The van der Waals surface area contributed by atoms with Crippen LogP contribution in [-0.4, -0.2) is 44.0 Å². The maximum absolute atomic E-state index is 13.7. The zero-order valence-corrected chi connectivity index (χ0v) is 15.4. The fraction of sp³-hybridized carbons (Fsp3) is 0.353. The number of halogens is 4. The van der Waals surface area contributed by atoms with Gasteiger partial charge in [-0.25, -0.2) is 8.42 Å².